The number of ether oxygens (including phenoxy) is 2. The molecule has 0 bridgehead atoms. The van der Waals surface area contributed by atoms with Gasteiger partial charge in [0.25, 0.3) is 0 Å². The van der Waals surface area contributed by atoms with Gasteiger partial charge in [-0.15, -0.1) is 0 Å². The Morgan fingerprint density at radius 3 is 1.52 bits per heavy atom. The van der Waals surface area contributed by atoms with E-state index in [2.05, 4.69) is 19.9 Å². The quantitative estimate of drug-likeness (QED) is 0.277. The van der Waals surface area contributed by atoms with Crippen LogP contribution in [0.3, 0.4) is 0 Å². The lowest BCUT2D eigenvalue weighted by molar-refractivity contribution is 0.00578. The molecule has 2 amide bonds. The first-order chi connectivity index (χ1) is 23.0. The van der Waals surface area contributed by atoms with E-state index in [0.29, 0.717) is 48.1 Å². The van der Waals surface area contributed by atoms with Crippen LogP contribution in [0.5, 0.6) is 0 Å². The van der Waals surface area contributed by atoms with Crippen LogP contribution in [0.15, 0.2) is 42.4 Å². The number of nitrogens with zero attached hydrogens (tertiary/aromatic N) is 6. The maximum Gasteiger partial charge on any atom is 0.490 e. The molecule has 274 valence electrons. The molecule has 0 saturated carbocycles. The van der Waals surface area contributed by atoms with Crippen LogP contribution in [0.25, 0.3) is 5.57 Å². The number of aromatic nitrogens is 4. The Morgan fingerprint density at radius 1 is 0.720 bits per heavy atom. The maximum atomic E-state index is 12.1. The van der Waals surface area contributed by atoms with E-state index in [1.165, 1.54) is 18.6 Å². The molecule has 2 aromatic heterocycles. The van der Waals surface area contributed by atoms with Gasteiger partial charge in [-0.1, -0.05) is 47.0 Å². The lowest BCUT2D eigenvalue weighted by Gasteiger charge is -2.32. The van der Waals surface area contributed by atoms with Crippen molar-refractivity contribution in [3.8, 4) is 0 Å². The third-order valence-corrected chi connectivity index (χ3v) is 8.37. The third-order valence-electron chi connectivity index (χ3n) is 7.82. The lowest BCUT2D eigenvalue weighted by atomic mass is 9.75. The molecule has 5 heterocycles. The first kappa shape index (κ1) is 41.5. The predicted octanol–water partition coefficient (Wildman–Crippen LogP) is 8.12. The van der Waals surface area contributed by atoms with E-state index in [1.807, 2.05) is 81.4 Å². The maximum absolute atomic E-state index is 12.1. The summed E-state index contributed by atoms with van der Waals surface area (Å²) in [5.41, 5.74) is 1.33. The van der Waals surface area contributed by atoms with Gasteiger partial charge in [-0.2, -0.15) is 0 Å². The van der Waals surface area contributed by atoms with Crippen molar-refractivity contribution >= 4 is 59.7 Å². The van der Waals surface area contributed by atoms with Gasteiger partial charge < -0.3 is 28.6 Å². The Balaban J connectivity index is 0.000000223. The number of hydrogen-bond donors (Lipinski definition) is 0. The monoisotopic (exact) mass is 752 g/mol. The zero-order chi connectivity index (χ0) is 37.5. The number of hydrogen-bond acceptors (Lipinski definition) is 10. The molecule has 0 radical (unpaired) electrons. The molecule has 3 aliphatic rings. The summed E-state index contributed by atoms with van der Waals surface area (Å²) in [5, 5.41) is 1.01. The first-order valence-electron chi connectivity index (χ1n) is 16.4. The topological polar surface area (TPSA) is 129 Å². The van der Waals surface area contributed by atoms with Crippen molar-refractivity contribution < 1.29 is 28.4 Å². The summed E-state index contributed by atoms with van der Waals surface area (Å²) in [6.07, 6.45) is 10.9. The van der Waals surface area contributed by atoms with Crippen molar-refractivity contribution in [2.75, 3.05) is 26.2 Å². The number of amides is 2. The third kappa shape index (κ3) is 13.0. The average molecular weight is 754 g/mol. The van der Waals surface area contributed by atoms with Gasteiger partial charge >= 0.3 is 19.3 Å². The van der Waals surface area contributed by atoms with Crippen molar-refractivity contribution in [2.24, 2.45) is 0 Å². The van der Waals surface area contributed by atoms with Gasteiger partial charge in [0.2, 0.25) is 0 Å². The summed E-state index contributed by atoms with van der Waals surface area (Å²) >= 11 is 16.6. The molecule has 2 aromatic rings. The summed E-state index contributed by atoms with van der Waals surface area (Å²) in [5.74, 6) is 0. The van der Waals surface area contributed by atoms with E-state index in [1.54, 1.807) is 16.0 Å². The fourth-order valence-electron chi connectivity index (χ4n) is 4.60. The Hall–Kier alpha value is -2.97. The highest BCUT2D eigenvalue weighted by atomic mass is 35.5. The second-order valence-corrected chi connectivity index (χ2v) is 16.0. The SMILES string of the molecule is CC(C)(C)OC(=O)N1CC=C(B2OC(C)(C)C(C)(C)O2)CC1.CC(C)(C)OC(=O)N1CC=C(c2cncc(Cl)n2)CC1.Clc1cncc(Cl)n1. The van der Waals surface area contributed by atoms with Crippen molar-refractivity contribution in [3.63, 3.8) is 0 Å². The van der Waals surface area contributed by atoms with Crippen LogP contribution < -0.4 is 0 Å². The Kier molecular flexibility index (Phi) is 14.1. The van der Waals surface area contributed by atoms with Gasteiger partial charge in [0, 0.05) is 26.2 Å². The molecule has 50 heavy (non-hydrogen) atoms. The van der Waals surface area contributed by atoms with E-state index >= 15 is 0 Å². The molecule has 0 aromatic carbocycles. The summed E-state index contributed by atoms with van der Waals surface area (Å²) in [4.78, 5) is 42.9. The van der Waals surface area contributed by atoms with Crippen molar-refractivity contribution in [1.29, 1.82) is 0 Å². The smallest absolute Gasteiger partial charge is 0.444 e. The number of halogens is 3. The standard InChI is InChI=1S/C16H28BNO4.C14H18ClN3O2.C4H2Cl2N2/c1-14(2,3)20-13(19)18-10-8-12(9-11-18)17-21-15(4,5)16(6,7)22-17;1-14(2,3)20-13(19)18-6-4-10(5-7-18)11-8-16-9-12(15)17-11;5-3-1-7-2-4(6)8-3/h8H,9-11H2,1-7H3;4,8-9H,5-7H2,1-3H3;1-2H. The summed E-state index contributed by atoms with van der Waals surface area (Å²) in [6, 6.07) is 0. The fourth-order valence-corrected chi connectivity index (χ4v) is 5.08. The van der Waals surface area contributed by atoms with Crippen LogP contribution in [0.2, 0.25) is 15.5 Å². The second-order valence-electron chi connectivity index (χ2n) is 14.8. The molecule has 0 unspecified atom stereocenters. The minimum absolute atomic E-state index is 0.267. The second kappa shape index (κ2) is 17.0. The fraction of sp³-hybridized carbons (Fsp3) is 0.588. The Labute approximate surface area is 311 Å². The average Bonchev–Trinajstić information content (AvgIpc) is 3.22. The van der Waals surface area contributed by atoms with Crippen LogP contribution in [-0.2, 0) is 18.8 Å². The zero-order valence-electron chi connectivity index (χ0n) is 30.6. The van der Waals surface area contributed by atoms with Crippen molar-refractivity contribution in [1.82, 2.24) is 29.7 Å². The minimum atomic E-state index is -0.473. The number of rotatable bonds is 2. The first-order valence-corrected chi connectivity index (χ1v) is 17.5. The van der Waals surface area contributed by atoms with Gasteiger partial charge in [-0.3, -0.25) is 9.97 Å². The molecule has 12 nitrogen and oxygen atoms in total. The largest absolute Gasteiger partial charge is 0.490 e. The summed E-state index contributed by atoms with van der Waals surface area (Å²) in [6.45, 7) is 21.7. The Bertz CT molecular complexity index is 1530. The zero-order valence-corrected chi connectivity index (χ0v) is 32.8. The Morgan fingerprint density at radius 2 is 1.16 bits per heavy atom. The molecular formula is C34H48BCl3N6O6. The van der Waals surface area contributed by atoms with Crippen molar-refractivity contribution in [2.45, 2.75) is 104 Å². The summed E-state index contributed by atoms with van der Waals surface area (Å²) < 4.78 is 22.9. The van der Waals surface area contributed by atoms with Crippen LogP contribution in [0.4, 0.5) is 9.59 Å². The molecule has 0 atom stereocenters. The van der Waals surface area contributed by atoms with Crippen LogP contribution >= 0.6 is 34.8 Å². The molecule has 0 aliphatic carbocycles. The van der Waals surface area contributed by atoms with Crippen LogP contribution in [0, 0.1) is 0 Å². The highest BCUT2D eigenvalue weighted by Crippen LogP contribution is 2.39. The van der Waals surface area contributed by atoms with Crippen molar-refractivity contribution in [3.05, 3.63) is 63.6 Å². The minimum Gasteiger partial charge on any atom is -0.444 e. The molecule has 5 rings (SSSR count). The van der Waals surface area contributed by atoms with Gasteiger partial charge in [0.15, 0.2) is 0 Å². The molecule has 0 N–H and O–H groups in total. The van der Waals surface area contributed by atoms with Gasteiger partial charge in [0.1, 0.15) is 26.7 Å². The van der Waals surface area contributed by atoms with E-state index in [9.17, 15) is 9.59 Å². The van der Waals surface area contributed by atoms with Crippen LogP contribution in [-0.4, -0.2) is 97.6 Å². The van der Waals surface area contributed by atoms with E-state index in [-0.39, 0.29) is 30.5 Å². The van der Waals surface area contributed by atoms with Gasteiger partial charge in [0.05, 0.1) is 41.7 Å². The van der Waals surface area contributed by atoms with Gasteiger partial charge in [-0.25, -0.2) is 19.6 Å². The highest BCUT2D eigenvalue weighted by molar-refractivity contribution is 6.54. The lowest BCUT2D eigenvalue weighted by Crippen LogP contribution is -2.41. The molecule has 0 spiro atoms. The number of carbonyl (C=O) groups is 2. The van der Waals surface area contributed by atoms with E-state index in [4.69, 9.17) is 53.6 Å². The van der Waals surface area contributed by atoms with E-state index in [0.717, 1.165) is 23.2 Å². The highest BCUT2D eigenvalue weighted by Gasteiger charge is 2.52. The molecular weight excluding hydrogens is 706 g/mol. The molecule has 1 saturated heterocycles. The normalized spacial score (nSPS) is 18.5. The number of carbonyl (C=O) groups excluding carboxylic acids is 2. The predicted molar refractivity (Wildman–Crippen MR) is 196 cm³/mol. The van der Waals surface area contributed by atoms with Crippen LogP contribution in [0.1, 0.15) is 87.8 Å². The molecule has 3 aliphatic heterocycles. The summed E-state index contributed by atoms with van der Waals surface area (Å²) in [7, 11) is -0.314. The van der Waals surface area contributed by atoms with E-state index < -0.39 is 11.2 Å². The molecule has 1 fully saturated rings. The molecule has 16 heteroatoms. The van der Waals surface area contributed by atoms with Gasteiger partial charge in [-0.05, 0) is 93.1 Å².